The van der Waals surface area contributed by atoms with Crippen LogP contribution in [0.2, 0.25) is 0 Å². The molecule has 8 nitrogen and oxygen atoms in total. The summed E-state index contributed by atoms with van der Waals surface area (Å²) in [5, 5.41) is 24.9. The molecule has 2 atom stereocenters. The van der Waals surface area contributed by atoms with Crippen LogP contribution in [-0.4, -0.2) is 43.1 Å². The van der Waals surface area contributed by atoms with Gasteiger partial charge in [0.1, 0.15) is 0 Å². The molecule has 8 bridgehead atoms. The highest BCUT2D eigenvalue weighted by molar-refractivity contribution is 5.71. The van der Waals surface area contributed by atoms with Crippen LogP contribution in [0.25, 0.3) is 18.2 Å². The minimum atomic E-state index is -0.848. The largest absolute Gasteiger partial charge is 0.481 e. The van der Waals surface area contributed by atoms with E-state index >= 15 is 0 Å². The van der Waals surface area contributed by atoms with Gasteiger partial charge in [0, 0.05) is 57.9 Å². The van der Waals surface area contributed by atoms with E-state index < -0.39 is 11.9 Å². The van der Waals surface area contributed by atoms with Gasteiger partial charge >= 0.3 is 11.9 Å². The van der Waals surface area contributed by atoms with Gasteiger partial charge in [0.2, 0.25) is 0 Å². The van der Waals surface area contributed by atoms with Crippen LogP contribution in [-0.2, 0) is 28.9 Å². The summed E-state index contributed by atoms with van der Waals surface area (Å²) in [6, 6.07) is 10.7. The maximum absolute atomic E-state index is 11.7. The minimum Gasteiger partial charge on any atom is -0.481 e. The Labute approximate surface area is 281 Å². The fourth-order valence-corrected chi connectivity index (χ4v) is 7.88. The molecule has 6 rings (SSSR count). The molecular formula is C40H46N4O4. The van der Waals surface area contributed by atoms with Crippen molar-refractivity contribution in [3.8, 4) is 0 Å². The molecule has 0 aliphatic carbocycles. The number of carboxylic acid groups (broad SMARTS) is 2. The first-order chi connectivity index (χ1) is 23.0. The quantitative estimate of drug-likeness (QED) is 0.132. The number of aromatic nitrogens is 3. The summed E-state index contributed by atoms with van der Waals surface area (Å²) in [5.74, 6) is -1.67. The van der Waals surface area contributed by atoms with Crippen LogP contribution in [0.3, 0.4) is 0 Å². The summed E-state index contributed by atoms with van der Waals surface area (Å²) in [7, 11) is 0. The molecule has 6 N–H and O–H groups in total. The second-order valence-corrected chi connectivity index (χ2v) is 13.2. The first-order valence-electron chi connectivity index (χ1n) is 17.0. The van der Waals surface area contributed by atoms with Gasteiger partial charge in [0.25, 0.3) is 0 Å². The molecule has 2 aliphatic rings. The second kappa shape index (κ2) is 13.3. The number of allylic oxidation sites excluding steroid dienone is 1. The van der Waals surface area contributed by atoms with E-state index in [9.17, 15) is 19.8 Å². The van der Waals surface area contributed by atoms with Crippen molar-refractivity contribution in [2.75, 3.05) is 0 Å². The van der Waals surface area contributed by atoms with Crippen LogP contribution in [0.1, 0.15) is 108 Å². The zero-order valence-electron chi connectivity index (χ0n) is 28.7. The standard InChI is InChI=1S/C40H46N4O4/c1-7-26-24(6)39-38(25-12-10-9-11-13-25)40-27(8-2)21(3)32(43-40)18-30-22(4)28(14-16-36(45)46)34(41-30)20-35-29(15-17-37(47)48)23(5)31(42-35)19-33(26)44-39/h9-13,18-20,38,40-44H,7-8,14-17H2,1-6H3,(H,45,46)(H,47,48)/b31-19-,32-18-,35-20-/t38-,40?/m0/s1. The van der Waals surface area contributed by atoms with Gasteiger partial charge in [-0.1, -0.05) is 44.2 Å². The topological polar surface area (TPSA) is 134 Å². The number of carbonyl (C=O) groups is 2. The van der Waals surface area contributed by atoms with Crippen LogP contribution in [0.15, 0.2) is 47.2 Å². The highest BCUT2D eigenvalue weighted by Crippen LogP contribution is 2.41. The Bertz CT molecular complexity index is 2090. The molecule has 0 spiro atoms. The number of aliphatic carboxylic acids is 2. The Balaban J connectivity index is 1.70. The Hall–Kier alpha value is -4.98. The number of hydrogen-bond acceptors (Lipinski definition) is 3. The van der Waals surface area contributed by atoms with Crippen LogP contribution in [0.4, 0.5) is 0 Å². The van der Waals surface area contributed by atoms with Gasteiger partial charge in [-0.3, -0.25) is 9.59 Å². The fourth-order valence-electron chi connectivity index (χ4n) is 7.88. The van der Waals surface area contributed by atoms with Gasteiger partial charge in [-0.2, -0.15) is 0 Å². The lowest BCUT2D eigenvalue weighted by Crippen LogP contribution is -2.32. The molecule has 2 aliphatic heterocycles. The van der Waals surface area contributed by atoms with Gasteiger partial charge in [-0.05, 0) is 122 Å². The van der Waals surface area contributed by atoms with E-state index in [2.05, 4.69) is 90.4 Å². The number of aromatic amines is 3. The molecule has 1 aromatic carbocycles. The van der Waals surface area contributed by atoms with E-state index in [1.165, 1.54) is 33.5 Å². The predicted octanol–water partition coefficient (Wildman–Crippen LogP) is 6.04. The van der Waals surface area contributed by atoms with Crippen molar-refractivity contribution in [1.82, 2.24) is 20.3 Å². The molecule has 8 heteroatoms. The number of fused-ring (bicyclic) bond motifs is 8. The molecule has 0 amide bonds. The van der Waals surface area contributed by atoms with Crippen molar-refractivity contribution < 1.29 is 19.8 Å². The SMILES string of the molecule is CCC1=C(C)/C2=C/c3[nH]c(c(CCC(=O)O)c3C)/C=c3\[nH]/c(c(C)c3CCC(=O)O)=C\c3[nH]c(c(C)c3CC)[C@H](c3ccccc3)C1N2. The van der Waals surface area contributed by atoms with Crippen LogP contribution >= 0.6 is 0 Å². The van der Waals surface area contributed by atoms with Crippen molar-refractivity contribution in [2.45, 2.75) is 92.0 Å². The average Bonchev–Trinajstić information content (AvgIpc) is 3.72. The number of nitrogens with one attached hydrogen (secondary N) is 4. The number of H-pyrrole nitrogens is 3. The summed E-state index contributed by atoms with van der Waals surface area (Å²) in [6.45, 7) is 12.9. The van der Waals surface area contributed by atoms with E-state index in [1.807, 2.05) is 19.9 Å². The molecular weight excluding hydrogens is 600 g/mol. The molecule has 0 fully saturated rings. The van der Waals surface area contributed by atoms with Crippen LogP contribution < -0.4 is 16.0 Å². The second-order valence-electron chi connectivity index (χ2n) is 13.2. The monoisotopic (exact) mass is 646 g/mol. The Kier molecular flexibility index (Phi) is 9.10. The number of hydrogen-bond donors (Lipinski definition) is 6. The average molecular weight is 647 g/mol. The first kappa shape index (κ1) is 32.9. The third-order valence-corrected chi connectivity index (χ3v) is 10.5. The van der Waals surface area contributed by atoms with Crippen molar-refractivity contribution >= 4 is 30.2 Å². The summed E-state index contributed by atoms with van der Waals surface area (Å²) in [5.41, 5.74) is 15.3. The lowest BCUT2D eigenvalue weighted by molar-refractivity contribution is -0.138. The van der Waals surface area contributed by atoms with Crippen molar-refractivity contribution in [3.63, 3.8) is 0 Å². The molecule has 1 unspecified atom stereocenters. The maximum Gasteiger partial charge on any atom is 0.303 e. The van der Waals surface area contributed by atoms with Gasteiger partial charge in [0.05, 0.1) is 6.04 Å². The van der Waals surface area contributed by atoms with Crippen molar-refractivity contribution in [3.05, 3.63) is 120 Å². The lowest BCUT2D eigenvalue weighted by atomic mass is 9.82. The zero-order valence-corrected chi connectivity index (χ0v) is 28.7. The highest BCUT2D eigenvalue weighted by atomic mass is 16.4. The van der Waals surface area contributed by atoms with E-state index in [0.717, 1.165) is 68.6 Å². The van der Waals surface area contributed by atoms with Gasteiger partial charge < -0.3 is 30.5 Å². The molecule has 48 heavy (non-hydrogen) atoms. The van der Waals surface area contributed by atoms with Crippen LogP contribution in [0.5, 0.6) is 0 Å². The third kappa shape index (κ3) is 5.96. The minimum absolute atomic E-state index is 0.00903. The fraction of sp³-hybridized carbons (Fsp3) is 0.350. The number of rotatable bonds is 9. The first-order valence-corrected chi connectivity index (χ1v) is 17.0. The van der Waals surface area contributed by atoms with Crippen molar-refractivity contribution in [1.29, 1.82) is 0 Å². The molecule has 3 aromatic heterocycles. The molecule has 4 aromatic rings. The normalized spacial score (nSPS) is 19.6. The molecule has 0 radical (unpaired) electrons. The Morgan fingerprint density at radius 1 is 0.688 bits per heavy atom. The number of benzene rings is 1. The van der Waals surface area contributed by atoms with Gasteiger partial charge in [0.15, 0.2) is 0 Å². The smallest absolute Gasteiger partial charge is 0.303 e. The van der Waals surface area contributed by atoms with Gasteiger partial charge in [-0.25, -0.2) is 0 Å². The van der Waals surface area contributed by atoms with E-state index in [1.54, 1.807) is 0 Å². The van der Waals surface area contributed by atoms with E-state index in [0.29, 0.717) is 12.8 Å². The summed E-state index contributed by atoms with van der Waals surface area (Å²) < 4.78 is 0. The highest BCUT2D eigenvalue weighted by Gasteiger charge is 2.36. The summed E-state index contributed by atoms with van der Waals surface area (Å²) >= 11 is 0. The Morgan fingerprint density at radius 3 is 1.98 bits per heavy atom. The predicted molar refractivity (Wildman–Crippen MR) is 190 cm³/mol. The molecule has 250 valence electrons. The molecule has 5 heterocycles. The lowest BCUT2D eigenvalue weighted by Gasteiger charge is -2.28. The van der Waals surface area contributed by atoms with E-state index in [4.69, 9.17) is 0 Å². The molecule has 0 saturated carbocycles. The van der Waals surface area contributed by atoms with E-state index in [-0.39, 0.29) is 24.8 Å². The maximum atomic E-state index is 11.7. The van der Waals surface area contributed by atoms with Crippen molar-refractivity contribution in [2.24, 2.45) is 0 Å². The zero-order chi connectivity index (χ0) is 34.3. The number of carboxylic acids is 2. The molecule has 0 saturated heterocycles. The van der Waals surface area contributed by atoms with Gasteiger partial charge in [-0.15, -0.1) is 0 Å². The Morgan fingerprint density at radius 2 is 1.33 bits per heavy atom. The van der Waals surface area contributed by atoms with Crippen LogP contribution in [0, 0.1) is 20.8 Å². The summed E-state index contributed by atoms with van der Waals surface area (Å²) in [4.78, 5) is 34.6. The third-order valence-electron chi connectivity index (χ3n) is 10.5. The summed E-state index contributed by atoms with van der Waals surface area (Å²) in [6.07, 6.45) is 8.90.